The highest BCUT2D eigenvalue weighted by Crippen LogP contribution is 2.25. The lowest BCUT2D eigenvalue weighted by Gasteiger charge is -2.12. The van der Waals surface area contributed by atoms with Crippen LogP contribution in [0.4, 0.5) is 4.39 Å². The second kappa shape index (κ2) is 7.13. The van der Waals surface area contributed by atoms with Gasteiger partial charge in [0.25, 0.3) is 0 Å². The molecule has 0 radical (unpaired) electrons. The first kappa shape index (κ1) is 17.3. The predicted octanol–water partition coefficient (Wildman–Crippen LogP) is 2.53. The van der Waals surface area contributed by atoms with E-state index in [1.807, 2.05) is 13.8 Å². The molecular formula is C18H20FN3O3. The lowest BCUT2D eigenvalue weighted by Crippen LogP contribution is -2.30. The third-order valence-electron chi connectivity index (χ3n) is 4.13. The number of halogens is 1. The molecule has 0 bridgehead atoms. The Bertz CT molecular complexity index is 770. The molecule has 0 spiro atoms. The van der Waals surface area contributed by atoms with Gasteiger partial charge in [0.2, 0.25) is 17.7 Å². The van der Waals surface area contributed by atoms with E-state index in [2.05, 4.69) is 10.1 Å². The number of carbonyl (C=O) groups excluding carboxylic acids is 2. The van der Waals surface area contributed by atoms with Crippen LogP contribution in [-0.4, -0.2) is 26.9 Å². The summed E-state index contributed by atoms with van der Waals surface area (Å²) >= 11 is 0. The summed E-state index contributed by atoms with van der Waals surface area (Å²) in [6.45, 7) is 4.09. The monoisotopic (exact) mass is 345 g/mol. The lowest BCUT2D eigenvalue weighted by atomic mass is 9.98. The van der Waals surface area contributed by atoms with Crippen molar-refractivity contribution < 1.29 is 18.5 Å². The molecule has 0 saturated carbocycles. The number of amides is 2. The molecule has 1 atom stereocenters. The van der Waals surface area contributed by atoms with Gasteiger partial charge in [-0.05, 0) is 30.0 Å². The van der Waals surface area contributed by atoms with Gasteiger partial charge < -0.3 is 4.52 Å². The Morgan fingerprint density at radius 3 is 2.68 bits per heavy atom. The second-order valence-electron chi connectivity index (χ2n) is 6.75. The molecule has 1 aliphatic rings. The third kappa shape index (κ3) is 4.10. The Kier molecular flexibility index (Phi) is 4.92. The number of hydrogen-bond acceptors (Lipinski definition) is 5. The minimum absolute atomic E-state index is 0.00266. The Labute approximate surface area is 145 Å². The van der Waals surface area contributed by atoms with Crippen LogP contribution in [0.5, 0.6) is 0 Å². The van der Waals surface area contributed by atoms with Crippen molar-refractivity contribution in [2.24, 2.45) is 11.8 Å². The Hall–Kier alpha value is -2.57. The molecule has 1 aliphatic heterocycles. The zero-order chi connectivity index (χ0) is 18.0. The predicted molar refractivity (Wildman–Crippen MR) is 86.6 cm³/mol. The maximum absolute atomic E-state index is 13.0. The van der Waals surface area contributed by atoms with E-state index in [1.165, 1.54) is 17.0 Å². The van der Waals surface area contributed by atoms with Crippen molar-refractivity contribution in [1.29, 1.82) is 0 Å². The maximum atomic E-state index is 13.0. The van der Waals surface area contributed by atoms with Gasteiger partial charge in [0.05, 0.1) is 5.92 Å². The molecule has 2 heterocycles. The maximum Gasteiger partial charge on any atom is 0.246 e. The second-order valence-corrected chi connectivity index (χ2v) is 6.75. The molecule has 0 unspecified atom stereocenters. The van der Waals surface area contributed by atoms with E-state index in [4.69, 9.17) is 4.52 Å². The summed E-state index contributed by atoms with van der Waals surface area (Å²) in [5.74, 6) is -0.0326. The minimum Gasteiger partial charge on any atom is -0.337 e. The van der Waals surface area contributed by atoms with Crippen molar-refractivity contribution in [1.82, 2.24) is 15.0 Å². The topological polar surface area (TPSA) is 76.3 Å². The highest BCUT2D eigenvalue weighted by molar-refractivity contribution is 6.03. The van der Waals surface area contributed by atoms with Crippen LogP contribution in [0.3, 0.4) is 0 Å². The van der Waals surface area contributed by atoms with E-state index in [1.54, 1.807) is 12.1 Å². The zero-order valence-electron chi connectivity index (χ0n) is 14.2. The third-order valence-corrected chi connectivity index (χ3v) is 4.13. The number of aromatic nitrogens is 2. The zero-order valence-corrected chi connectivity index (χ0v) is 14.2. The van der Waals surface area contributed by atoms with Crippen molar-refractivity contribution in [3.63, 3.8) is 0 Å². The molecule has 7 heteroatoms. The molecule has 1 saturated heterocycles. The average Bonchev–Trinajstić information content (AvgIpc) is 3.09. The van der Waals surface area contributed by atoms with Gasteiger partial charge in [0, 0.05) is 12.8 Å². The van der Waals surface area contributed by atoms with Gasteiger partial charge in [-0.1, -0.05) is 31.1 Å². The standard InChI is InChI=1S/C18H20FN3O3/c1-11(2)7-15-20-16(25-21-15)10-22-17(23)9-13(18(22)24)8-12-3-5-14(19)6-4-12/h3-6,11,13H,7-10H2,1-2H3/t13-/m0/s1. The van der Waals surface area contributed by atoms with E-state index in [0.717, 1.165) is 5.56 Å². The first-order valence-electron chi connectivity index (χ1n) is 8.32. The molecular weight excluding hydrogens is 325 g/mol. The van der Waals surface area contributed by atoms with Crippen LogP contribution >= 0.6 is 0 Å². The van der Waals surface area contributed by atoms with E-state index in [9.17, 15) is 14.0 Å². The minimum atomic E-state index is -0.434. The normalized spacial score (nSPS) is 17.8. The van der Waals surface area contributed by atoms with Gasteiger partial charge in [-0.15, -0.1) is 0 Å². The fourth-order valence-electron chi connectivity index (χ4n) is 2.92. The fraction of sp³-hybridized carbons (Fsp3) is 0.444. The SMILES string of the molecule is CC(C)Cc1noc(CN2C(=O)C[C@H](Cc3ccc(F)cc3)C2=O)n1. The quantitative estimate of drug-likeness (QED) is 0.752. The molecule has 25 heavy (non-hydrogen) atoms. The largest absolute Gasteiger partial charge is 0.337 e. The molecule has 1 aromatic carbocycles. The number of likely N-dealkylation sites (tertiary alicyclic amines) is 1. The number of nitrogens with zero attached hydrogens (tertiary/aromatic N) is 3. The van der Waals surface area contributed by atoms with Crippen LogP contribution in [0.15, 0.2) is 28.8 Å². The van der Waals surface area contributed by atoms with Crippen molar-refractivity contribution in [2.75, 3.05) is 0 Å². The van der Waals surface area contributed by atoms with Crippen molar-refractivity contribution in [2.45, 2.75) is 39.7 Å². The summed E-state index contributed by atoms with van der Waals surface area (Å²) in [5.41, 5.74) is 0.825. The average molecular weight is 345 g/mol. The van der Waals surface area contributed by atoms with E-state index in [-0.39, 0.29) is 36.5 Å². The van der Waals surface area contributed by atoms with Gasteiger partial charge >= 0.3 is 0 Å². The number of hydrogen-bond donors (Lipinski definition) is 0. The van der Waals surface area contributed by atoms with Gasteiger partial charge in [-0.2, -0.15) is 4.98 Å². The van der Waals surface area contributed by atoms with Gasteiger partial charge in [-0.3, -0.25) is 14.5 Å². The molecule has 0 aliphatic carbocycles. The van der Waals surface area contributed by atoms with Crippen LogP contribution in [0, 0.1) is 17.7 Å². The highest BCUT2D eigenvalue weighted by atomic mass is 19.1. The number of imide groups is 1. The van der Waals surface area contributed by atoms with Crippen LogP contribution in [-0.2, 0) is 29.0 Å². The molecule has 6 nitrogen and oxygen atoms in total. The molecule has 1 fully saturated rings. The van der Waals surface area contributed by atoms with Crippen LogP contribution in [0.1, 0.15) is 37.5 Å². The molecule has 2 amide bonds. The number of benzene rings is 1. The van der Waals surface area contributed by atoms with Crippen molar-refractivity contribution >= 4 is 11.8 Å². The lowest BCUT2D eigenvalue weighted by molar-refractivity contribution is -0.140. The summed E-state index contributed by atoms with van der Waals surface area (Å²) in [4.78, 5) is 30.1. The van der Waals surface area contributed by atoms with Crippen LogP contribution in [0.2, 0.25) is 0 Å². The van der Waals surface area contributed by atoms with Crippen molar-refractivity contribution in [3.8, 4) is 0 Å². The van der Waals surface area contributed by atoms with Gasteiger partial charge in [-0.25, -0.2) is 4.39 Å². The highest BCUT2D eigenvalue weighted by Gasteiger charge is 2.39. The molecule has 0 N–H and O–H groups in total. The fourth-order valence-corrected chi connectivity index (χ4v) is 2.92. The van der Waals surface area contributed by atoms with Crippen LogP contribution in [0.25, 0.3) is 0 Å². The van der Waals surface area contributed by atoms with Crippen molar-refractivity contribution in [3.05, 3.63) is 47.4 Å². The summed E-state index contributed by atoms with van der Waals surface area (Å²) in [7, 11) is 0. The summed E-state index contributed by atoms with van der Waals surface area (Å²) in [6, 6.07) is 5.96. The molecule has 132 valence electrons. The molecule has 1 aromatic heterocycles. The van der Waals surface area contributed by atoms with Crippen LogP contribution < -0.4 is 0 Å². The summed E-state index contributed by atoms with van der Waals surface area (Å²) in [5, 5.41) is 3.87. The van der Waals surface area contributed by atoms with E-state index >= 15 is 0 Å². The first-order chi connectivity index (χ1) is 11.9. The molecule has 3 rings (SSSR count). The van der Waals surface area contributed by atoms with Gasteiger partial charge in [0.15, 0.2) is 5.82 Å². The molecule has 2 aromatic rings. The summed E-state index contributed by atoms with van der Waals surface area (Å²) in [6.07, 6.45) is 1.23. The Morgan fingerprint density at radius 1 is 1.28 bits per heavy atom. The number of rotatable bonds is 6. The van der Waals surface area contributed by atoms with E-state index in [0.29, 0.717) is 24.6 Å². The smallest absolute Gasteiger partial charge is 0.246 e. The number of carbonyl (C=O) groups is 2. The van der Waals surface area contributed by atoms with E-state index < -0.39 is 5.92 Å². The Morgan fingerprint density at radius 2 is 2.00 bits per heavy atom. The summed E-state index contributed by atoms with van der Waals surface area (Å²) < 4.78 is 18.1. The first-order valence-corrected chi connectivity index (χ1v) is 8.32. The van der Waals surface area contributed by atoms with Gasteiger partial charge in [0.1, 0.15) is 12.4 Å². The Balaban J connectivity index is 1.64.